The number of aryl methyl sites for hydroxylation is 1. The number of H-pyrrole nitrogens is 1. The normalized spacial score (nSPS) is 13.5. The van der Waals surface area contributed by atoms with Crippen LogP contribution >= 0.6 is 0 Å². The van der Waals surface area contributed by atoms with E-state index < -0.39 is 11.3 Å². The molecule has 0 saturated heterocycles. The predicted molar refractivity (Wildman–Crippen MR) is 73.7 cm³/mol. The van der Waals surface area contributed by atoms with E-state index in [2.05, 4.69) is 5.10 Å². The highest BCUT2D eigenvalue weighted by Gasteiger charge is 2.21. The number of nitrogens with one attached hydrogen (secondary N) is 1. The van der Waals surface area contributed by atoms with Gasteiger partial charge in [-0.3, -0.25) is 9.89 Å². The Hall–Kier alpha value is -1.70. The summed E-state index contributed by atoms with van der Waals surface area (Å²) >= 11 is -2.30. The molecule has 0 saturated carbocycles. The average molecular weight is 281 g/mol. The van der Waals surface area contributed by atoms with Gasteiger partial charge in [0.25, 0.3) is 5.56 Å². The monoisotopic (exact) mass is 281 g/mol. The zero-order valence-corrected chi connectivity index (χ0v) is 11.7. The van der Waals surface area contributed by atoms with Crippen LogP contribution in [0.3, 0.4) is 0 Å². The number of aromatic nitrogens is 2. The number of hydrogen-bond acceptors (Lipinski definition) is 3. The summed E-state index contributed by atoms with van der Waals surface area (Å²) in [4.78, 5) is 11.7. The molecule has 0 bridgehead atoms. The molecule has 1 aromatic heterocycles. The number of benzene rings is 1. The largest absolute Gasteiger partial charge is 0.724 e. The molecule has 0 radical (unpaired) electrons. The molecular weight excluding hydrogens is 266 g/mol. The van der Waals surface area contributed by atoms with Crippen LogP contribution in [0.5, 0.6) is 0 Å². The first kappa shape index (κ1) is 13.7. The minimum absolute atomic E-state index is 0.178. The van der Waals surface area contributed by atoms with E-state index in [4.69, 9.17) is 0 Å². The Morgan fingerprint density at radius 2 is 2.00 bits per heavy atom. The first-order valence-corrected chi connectivity index (χ1v) is 6.69. The first-order valence-electron chi connectivity index (χ1n) is 5.66. The average Bonchev–Trinajstić information content (AvgIpc) is 2.68. The number of quaternary nitrogens is 1. The van der Waals surface area contributed by atoms with Crippen molar-refractivity contribution in [3.63, 3.8) is 0 Å². The molecule has 2 aromatic rings. The smallest absolute Gasteiger partial charge is 0.271 e. The summed E-state index contributed by atoms with van der Waals surface area (Å²) in [5.74, 6) is 0. The number of nitrogens with zero attached hydrogens (tertiary/aromatic N) is 2. The lowest BCUT2D eigenvalue weighted by molar-refractivity contribution is 0.465. The molecule has 1 N–H and O–H groups in total. The summed E-state index contributed by atoms with van der Waals surface area (Å²) in [6, 6.07) is 8.33. The highest BCUT2D eigenvalue weighted by atomic mass is 32.2. The van der Waals surface area contributed by atoms with Crippen LogP contribution in [0.15, 0.2) is 35.1 Å². The second-order valence-corrected chi connectivity index (χ2v) is 6.05. The second kappa shape index (κ2) is 4.76. The lowest BCUT2D eigenvalue weighted by atomic mass is 10.2. The fourth-order valence-electron chi connectivity index (χ4n) is 1.76. The van der Waals surface area contributed by atoms with Crippen LogP contribution in [0.2, 0.25) is 0 Å². The highest BCUT2D eigenvalue weighted by molar-refractivity contribution is 7.78. The van der Waals surface area contributed by atoms with Gasteiger partial charge >= 0.3 is 0 Å². The summed E-state index contributed by atoms with van der Waals surface area (Å²) < 4.78 is 23.6. The van der Waals surface area contributed by atoms with Gasteiger partial charge < -0.3 is 4.55 Å². The number of aromatic amines is 1. The highest BCUT2D eigenvalue weighted by Crippen LogP contribution is 2.22. The summed E-state index contributed by atoms with van der Waals surface area (Å²) in [6.07, 6.45) is 0. The zero-order chi connectivity index (χ0) is 14.2. The molecule has 1 atom stereocenters. The van der Waals surface area contributed by atoms with E-state index in [1.165, 1.54) is 10.7 Å². The molecule has 7 heteroatoms. The Labute approximate surface area is 113 Å². The maximum atomic E-state index is 11.7. The molecule has 0 fully saturated rings. The molecule has 1 aromatic carbocycles. The second-order valence-electron chi connectivity index (χ2n) is 4.70. The topological polar surface area (TPSA) is 77.9 Å². The lowest BCUT2D eigenvalue weighted by Gasteiger charge is -2.29. The quantitative estimate of drug-likeness (QED) is 0.669. The van der Waals surface area contributed by atoms with Crippen molar-refractivity contribution in [1.29, 1.82) is 0 Å². The molecule has 0 aliphatic carbocycles. The van der Waals surface area contributed by atoms with Crippen molar-refractivity contribution < 1.29 is 8.76 Å². The van der Waals surface area contributed by atoms with Crippen molar-refractivity contribution in [3.05, 3.63) is 46.4 Å². The maximum absolute atomic E-state index is 11.7. The van der Waals surface area contributed by atoms with Crippen molar-refractivity contribution in [1.82, 2.24) is 13.7 Å². The Morgan fingerprint density at radius 3 is 2.53 bits per heavy atom. The van der Waals surface area contributed by atoms with Crippen LogP contribution in [0, 0.1) is 6.92 Å². The number of rotatable bonds is 3. The van der Waals surface area contributed by atoms with Crippen LogP contribution in [0.4, 0.5) is 5.69 Å². The maximum Gasteiger partial charge on any atom is 0.271 e. The third-order valence-corrected chi connectivity index (χ3v) is 3.89. The molecule has 2 rings (SSSR count). The molecule has 1 unspecified atom stereocenters. The van der Waals surface area contributed by atoms with Crippen LogP contribution in [0.25, 0.3) is 5.69 Å². The van der Waals surface area contributed by atoms with Gasteiger partial charge in [0.05, 0.1) is 19.8 Å². The molecule has 0 amide bonds. The van der Waals surface area contributed by atoms with E-state index in [0.717, 1.165) is 5.69 Å². The van der Waals surface area contributed by atoms with Crippen molar-refractivity contribution in [2.75, 3.05) is 14.1 Å². The number of hydrogen-bond donors (Lipinski definition) is 1. The van der Waals surface area contributed by atoms with Crippen LogP contribution < -0.4 is 9.45 Å². The molecule has 19 heavy (non-hydrogen) atoms. The van der Waals surface area contributed by atoms with Crippen molar-refractivity contribution >= 4 is 17.0 Å². The van der Waals surface area contributed by atoms with Crippen molar-refractivity contribution in [3.8, 4) is 5.69 Å². The fraction of sp³-hybridized carbons (Fsp3) is 0.250. The molecule has 0 aliphatic heterocycles. The lowest BCUT2D eigenvalue weighted by Crippen LogP contribution is -2.42. The third kappa shape index (κ3) is 2.53. The van der Waals surface area contributed by atoms with E-state index >= 15 is 0 Å². The molecule has 0 aliphatic rings. The molecular formula is C12H15N3O3S. The molecule has 6 nitrogen and oxygen atoms in total. The Morgan fingerprint density at radius 1 is 1.32 bits per heavy atom. The van der Waals surface area contributed by atoms with E-state index in [9.17, 15) is 13.6 Å². The van der Waals surface area contributed by atoms with E-state index in [-0.39, 0.29) is 9.45 Å². The van der Waals surface area contributed by atoms with Crippen LogP contribution in [0.1, 0.15) is 5.69 Å². The molecule has 0 spiro atoms. The van der Waals surface area contributed by atoms with Crippen LogP contribution in [-0.2, 0) is 11.3 Å². The minimum Gasteiger partial charge on any atom is -0.724 e. The van der Waals surface area contributed by atoms with Gasteiger partial charge in [0.2, 0.25) is 0 Å². The first-order chi connectivity index (χ1) is 8.82. The SMILES string of the molecule is Cc1cc(=O)n(-c2cccc([N+](C)(C)S(=O)[O-])c2)[nH]1. The van der Waals surface area contributed by atoms with Gasteiger partial charge in [-0.15, -0.1) is 0 Å². The summed E-state index contributed by atoms with van der Waals surface area (Å²) in [7, 11) is 3.12. The van der Waals surface area contributed by atoms with E-state index in [0.29, 0.717) is 11.4 Å². The van der Waals surface area contributed by atoms with Crippen molar-refractivity contribution in [2.45, 2.75) is 6.92 Å². The van der Waals surface area contributed by atoms with Crippen LogP contribution in [-0.4, -0.2) is 32.6 Å². The summed E-state index contributed by atoms with van der Waals surface area (Å²) in [5, 5.41) is 2.91. The Balaban J connectivity index is 2.55. The Kier molecular flexibility index (Phi) is 3.44. The van der Waals surface area contributed by atoms with Gasteiger partial charge in [-0.25, -0.2) is 12.8 Å². The van der Waals surface area contributed by atoms with Crippen molar-refractivity contribution in [2.24, 2.45) is 0 Å². The third-order valence-electron chi connectivity index (χ3n) is 2.93. The Bertz CT molecular complexity index is 688. The van der Waals surface area contributed by atoms with E-state index in [1.807, 2.05) is 0 Å². The van der Waals surface area contributed by atoms with Gasteiger partial charge in [-0.2, -0.15) is 0 Å². The summed E-state index contributed by atoms with van der Waals surface area (Å²) in [6.45, 7) is 1.79. The van der Waals surface area contributed by atoms with E-state index in [1.54, 1.807) is 45.3 Å². The fourth-order valence-corrected chi connectivity index (χ4v) is 2.04. The van der Waals surface area contributed by atoms with Gasteiger partial charge in [0.1, 0.15) is 5.69 Å². The predicted octanol–water partition coefficient (Wildman–Crippen LogP) is 0.835. The van der Waals surface area contributed by atoms with Gasteiger partial charge in [-0.1, -0.05) is 6.07 Å². The zero-order valence-electron chi connectivity index (χ0n) is 10.9. The van der Waals surface area contributed by atoms with Gasteiger partial charge in [0.15, 0.2) is 11.3 Å². The van der Waals surface area contributed by atoms with Gasteiger partial charge in [0, 0.05) is 23.9 Å². The minimum atomic E-state index is -2.30. The molecule has 102 valence electrons. The summed E-state index contributed by atoms with van der Waals surface area (Å²) in [5.41, 5.74) is 1.75. The standard InChI is InChI=1S/C12H15N3O3S/c1-9-7-12(16)14(13-9)10-5-4-6-11(8-10)15(2,3)19(17)18/h4-8H,1-3H3,(H-,13,16,17,18). The van der Waals surface area contributed by atoms with Gasteiger partial charge in [-0.05, 0) is 13.0 Å². The molecule has 1 heterocycles.